The Balaban J connectivity index is 2.10. The highest BCUT2D eigenvalue weighted by Crippen LogP contribution is 2.33. The molecular weight excluding hydrogens is 289 g/mol. The van der Waals surface area contributed by atoms with Crippen LogP contribution in [0.4, 0.5) is 4.39 Å². The standard InChI is InChI=1S/C17H15ClFNO/c1-9-3-5-12-10(2)17(21-15(12)7-9)16(20)11-4-6-14(19)13(18)8-11/h3-8,16H,20H2,1-2H3. The van der Waals surface area contributed by atoms with E-state index in [1.807, 2.05) is 32.0 Å². The molecule has 1 heterocycles. The first-order chi connectivity index (χ1) is 9.97. The highest BCUT2D eigenvalue weighted by atomic mass is 35.5. The molecule has 4 heteroatoms. The average Bonchev–Trinajstić information content (AvgIpc) is 2.77. The van der Waals surface area contributed by atoms with Gasteiger partial charge in [0.2, 0.25) is 0 Å². The zero-order valence-corrected chi connectivity index (χ0v) is 12.5. The molecule has 108 valence electrons. The molecule has 2 aromatic carbocycles. The van der Waals surface area contributed by atoms with Crippen LogP contribution in [-0.4, -0.2) is 0 Å². The van der Waals surface area contributed by atoms with E-state index in [1.165, 1.54) is 6.07 Å². The lowest BCUT2D eigenvalue weighted by Gasteiger charge is -2.11. The summed E-state index contributed by atoms with van der Waals surface area (Å²) in [6.45, 7) is 3.98. The van der Waals surface area contributed by atoms with Gasteiger partial charge in [0.25, 0.3) is 0 Å². The zero-order valence-electron chi connectivity index (χ0n) is 11.8. The molecular formula is C17H15ClFNO. The van der Waals surface area contributed by atoms with E-state index in [0.717, 1.165) is 27.7 Å². The van der Waals surface area contributed by atoms with Crippen molar-refractivity contribution in [2.24, 2.45) is 5.73 Å². The first-order valence-corrected chi connectivity index (χ1v) is 7.05. The number of hydrogen-bond donors (Lipinski definition) is 1. The summed E-state index contributed by atoms with van der Waals surface area (Å²) in [5, 5.41) is 1.10. The summed E-state index contributed by atoms with van der Waals surface area (Å²) in [5.74, 6) is 0.225. The van der Waals surface area contributed by atoms with Crippen molar-refractivity contribution in [2.75, 3.05) is 0 Å². The average molecular weight is 304 g/mol. The summed E-state index contributed by atoms with van der Waals surface area (Å²) in [4.78, 5) is 0. The van der Waals surface area contributed by atoms with Crippen molar-refractivity contribution >= 4 is 22.6 Å². The van der Waals surface area contributed by atoms with Gasteiger partial charge >= 0.3 is 0 Å². The van der Waals surface area contributed by atoms with Gasteiger partial charge in [0, 0.05) is 10.9 Å². The van der Waals surface area contributed by atoms with E-state index in [4.69, 9.17) is 21.8 Å². The predicted octanol–water partition coefficient (Wildman–Crippen LogP) is 4.89. The van der Waals surface area contributed by atoms with Gasteiger partial charge in [-0.15, -0.1) is 0 Å². The minimum absolute atomic E-state index is 0.0626. The lowest BCUT2D eigenvalue weighted by atomic mass is 10.0. The second-order valence-corrected chi connectivity index (χ2v) is 5.65. The van der Waals surface area contributed by atoms with Crippen LogP contribution in [0.2, 0.25) is 5.02 Å². The molecule has 0 bridgehead atoms. The maximum atomic E-state index is 13.3. The Morgan fingerprint density at radius 2 is 1.90 bits per heavy atom. The van der Waals surface area contributed by atoms with Crippen LogP contribution in [0.15, 0.2) is 40.8 Å². The van der Waals surface area contributed by atoms with Gasteiger partial charge < -0.3 is 10.2 Å². The molecule has 0 fully saturated rings. The number of aryl methyl sites for hydroxylation is 2. The molecule has 1 atom stereocenters. The van der Waals surface area contributed by atoms with E-state index in [-0.39, 0.29) is 5.02 Å². The highest BCUT2D eigenvalue weighted by Gasteiger charge is 2.19. The van der Waals surface area contributed by atoms with Crippen LogP contribution in [0.3, 0.4) is 0 Å². The number of fused-ring (bicyclic) bond motifs is 1. The first kappa shape index (κ1) is 14.1. The van der Waals surface area contributed by atoms with Crippen LogP contribution in [0.1, 0.15) is 28.5 Å². The number of nitrogens with two attached hydrogens (primary N) is 1. The maximum absolute atomic E-state index is 13.3. The Hall–Kier alpha value is -1.84. The SMILES string of the molecule is Cc1ccc2c(C)c(C(N)c3ccc(F)c(Cl)c3)oc2c1. The molecule has 3 rings (SSSR count). The number of benzene rings is 2. The van der Waals surface area contributed by atoms with E-state index >= 15 is 0 Å². The van der Waals surface area contributed by atoms with Gasteiger partial charge in [-0.05, 0) is 43.2 Å². The molecule has 0 aliphatic heterocycles. The Bertz CT molecular complexity index is 825. The molecule has 2 nitrogen and oxygen atoms in total. The molecule has 0 radical (unpaired) electrons. The number of furan rings is 1. The lowest BCUT2D eigenvalue weighted by Crippen LogP contribution is -2.12. The minimum Gasteiger partial charge on any atom is -0.459 e. The van der Waals surface area contributed by atoms with Crippen LogP contribution >= 0.6 is 11.6 Å². The Morgan fingerprint density at radius 1 is 1.14 bits per heavy atom. The molecule has 0 spiro atoms. The molecule has 2 N–H and O–H groups in total. The van der Waals surface area contributed by atoms with Gasteiger partial charge in [-0.25, -0.2) is 4.39 Å². The molecule has 21 heavy (non-hydrogen) atoms. The van der Waals surface area contributed by atoms with Crippen molar-refractivity contribution < 1.29 is 8.81 Å². The first-order valence-electron chi connectivity index (χ1n) is 6.67. The minimum atomic E-state index is -0.476. The fourth-order valence-electron chi connectivity index (χ4n) is 2.51. The molecule has 1 unspecified atom stereocenters. The maximum Gasteiger partial charge on any atom is 0.141 e. The van der Waals surface area contributed by atoms with E-state index in [0.29, 0.717) is 5.76 Å². The fourth-order valence-corrected chi connectivity index (χ4v) is 2.69. The van der Waals surface area contributed by atoms with Crippen LogP contribution in [0.25, 0.3) is 11.0 Å². The fraction of sp³-hybridized carbons (Fsp3) is 0.176. The molecule has 0 amide bonds. The summed E-state index contributed by atoms with van der Waals surface area (Å²) >= 11 is 5.82. The van der Waals surface area contributed by atoms with Crippen molar-refractivity contribution in [3.05, 3.63) is 69.7 Å². The largest absolute Gasteiger partial charge is 0.459 e. The molecule has 3 aromatic rings. The molecule has 1 aromatic heterocycles. The molecule has 0 aliphatic rings. The van der Waals surface area contributed by atoms with E-state index in [9.17, 15) is 4.39 Å². The van der Waals surface area contributed by atoms with Gasteiger partial charge in [-0.2, -0.15) is 0 Å². The van der Waals surface area contributed by atoms with Crippen LogP contribution in [0, 0.1) is 19.7 Å². The zero-order chi connectivity index (χ0) is 15.1. The van der Waals surface area contributed by atoms with E-state index < -0.39 is 11.9 Å². The summed E-state index contributed by atoms with van der Waals surface area (Å²) in [6, 6.07) is 10.1. The Labute approximate surface area is 127 Å². The van der Waals surface area contributed by atoms with Crippen LogP contribution < -0.4 is 5.73 Å². The van der Waals surface area contributed by atoms with Crippen LogP contribution in [0.5, 0.6) is 0 Å². The number of rotatable bonds is 2. The number of hydrogen-bond acceptors (Lipinski definition) is 2. The van der Waals surface area contributed by atoms with Gasteiger partial charge in [0.1, 0.15) is 17.2 Å². The van der Waals surface area contributed by atoms with Crippen LogP contribution in [-0.2, 0) is 0 Å². The third-order valence-corrected chi connectivity index (χ3v) is 4.01. The summed E-state index contributed by atoms with van der Waals surface area (Å²) in [6.07, 6.45) is 0. The summed E-state index contributed by atoms with van der Waals surface area (Å²) in [7, 11) is 0. The topological polar surface area (TPSA) is 39.2 Å². The molecule has 0 saturated carbocycles. The third-order valence-electron chi connectivity index (χ3n) is 3.72. The second kappa shape index (κ2) is 5.17. The van der Waals surface area contributed by atoms with Gasteiger partial charge in [0.05, 0.1) is 11.1 Å². The van der Waals surface area contributed by atoms with E-state index in [2.05, 4.69) is 0 Å². The van der Waals surface area contributed by atoms with Crippen molar-refractivity contribution in [1.29, 1.82) is 0 Å². The van der Waals surface area contributed by atoms with Gasteiger partial charge in [-0.3, -0.25) is 0 Å². The smallest absolute Gasteiger partial charge is 0.141 e. The quantitative estimate of drug-likeness (QED) is 0.732. The monoisotopic (exact) mass is 303 g/mol. The van der Waals surface area contributed by atoms with Gasteiger partial charge in [0.15, 0.2) is 0 Å². The van der Waals surface area contributed by atoms with Crippen molar-refractivity contribution in [1.82, 2.24) is 0 Å². The normalized spacial score (nSPS) is 12.8. The van der Waals surface area contributed by atoms with Crippen molar-refractivity contribution in [3.63, 3.8) is 0 Å². The van der Waals surface area contributed by atoms with Gasteiger partial charge in [-0.1, -0.05) is 29.8 Å². The summed E-state index contributed by atoms with van der Waals surface area (Å²) < 4.78 is 19.2. The Morgan fingerprint density at radius 3 is 2.62 bits per heavy atom. The summed E-state index contributed by atoms with van der Waals surface area (Å²) in [5.41, 5.74) is 9.92. The lowest BCUT2D eigenvalue weighted by molar-refractivity contribution is 0.520. The van der Waals surface area contributed by atoms with Crippen molar-refractivity contribution in [2.45, 2.75) is 19.9 Å². The third kappa shape index (κ3) is 2.43. The molecule has 0 saturated heterocycles. The predicted molar refractivity (Wildman–Crippen MR) is 83.1 cm³/mol. The van der Waals surface area contributed by atoms with E-state index in [1.54, 1.807) is 12.1 Å². The molecule has 0 aliphatic carbocycles. The second-order valence-electron chi connectivity index (χ2n) is 5.24. The Kier molecular flexibility index (Phi) is 3.47. The van der Waals surface area contributed by atoms with Crippen molar-refractivity contribution in [3.8, 4) is 0 Å². The highest BCUT2D eigenvalue weighted by molar-refractivity contribution is 6.30. The number of halogens is 2.